The van der Waals surface area contributed by atoms with Crippen LogP contribution in [0.3, 0.4) is 0 Å². The number of non-ortho nitro benzene ring substituents is 1. The van der Waals surface area contributed by atoms with Crippen LogP contribution in [-0.2, 0) is 11.3 Å². The predicted molar refractivity (Wildman–Crippen MR) is 86.2 cm³/mol. The molecule has 3 aromatic rings. The van der Waals surface area contributed by atoms with Gasteiger partial charge in [-0.2, -0.15) is 0 Å². The molecular weight excluding hydrogens is 294 g/mol. The van der Waals surface area contributed by atoms with Gasteiger partial charge >= 0.3 is 5.97 Å². The third-order valence-corrected chi connectivity index (χ3v) is 3.48. The molecule has 0 radical (unpaired) electrons. The minimum Gasteiger partial charge on any atom is -0.457 e. The largest absolute Gasteiger partial charge is 0.457 e. The standard InChI is InChI=1S/C18H13NO4/c20-18(16-6-3-7-17(11-16)19(21)22)23-12-13-8-9-14-4-1-2-5-15(14)10-13/h1-11H,12H2. The summed E-state index contributed by atoms with van der Waals surface area (Å²) in [5, 5.41) is 12.9. The number of nitrogens with zero attached hydrogens (tertiary/aromatic N) is 1. The molecule has 0 bridgehead atoms. The Morgan fingerprint density at radius 2 is 1.74 bits per heavy atom. The molecule has 0 spiro atoms. The molecule has 3 aromatic carbocycles. The van der Waals surface area contributed by atoms with Gasteiger partial charge in [0.15, 0.2) is 0 Å². The zero-order valence-electron chi connectivity index (χ0n) is 12.1. The fraction of sp³-hybridized carbons (Fsp3) is 0.0556. The van der Waals surface area contributed by atoms with Crippen molar-refractivity contribution in [2.24, 2.45) is 0 Å². The monoisotopic (exact) mass is 307 g/mol. The van der Waals surface area contributed by atoms with Crippen LogP contribution in [0.4, 0.5) is 5.69 Å². The quantitative estimate of drug-likeness (QED) is 0.413. The van der Waals surface area contributed by atoms with Crippen LogP contribution in [0.2, 0.25) is 0 Å². The van der Waals surface area contributed by atoms with Gasteiger partial charge < -0.3 is 4.74 Å². The summed E-state index contributed by atoms with van der Waals surface area (Å²) in [5.41, 5.74) is 0.896. The molecule has 0 aliphatic heterocycles. The van der Waals surface area contributed by atoms with Crippen LogP contribution in [0.25, 0.3) is 10.8 Å². The lowest BCUT2D eigenvalue weighted by molar-refractivity contribution is -0.384. The fourth-order valence-corrected chi connectivity index (χ4v) is 2.31. The molecule has 0 amide bonds. The Hall–Kier alpha value is -3.21. The van der Waals surface area contributed by atoms with Crippen LogP contribution >= 0.6 is 0 Å². The smallest absolute Gasteiger partial charge is 0.338 e. The second-order valence-electron chi connectivity index (χ2n) is 5.07. The summed E-state index contributed by atoms with van der Waals surface area (Å²) in [6, 6.07) is 19.2. The van der Waals surface area contributed by atoms with E-state index in [1.54, 1.807) is 0 Å². The van der Waals surface area contributed by atoms with E-state index >= 15 is 0 Å². The van der Waals surface area contributed by atoms with Gasteiger partial charge in [-0.05, 0) is 28.5 Å². The lowest BCUT2D eigenvalue weighted by Crippen LogP contribution is -2.05. The molecule has 0 atom stereocenters. The molecule has 0 saturated carbocycles. The highest BCUT2D eigenvalue weighted by Crippen LogP contribution is 2.18. The van der Waals surface area contributed by atoms with Crippen molar-refractivity contribution in [2.45, 2.75) is 6.61 Å². The fourth-order valence-electron chi connectivity index (χ4n) is 2.31. The van der Waals surface area contributed by atoms with E-state index in [0.29, 0.717) is 0 Å². The molecule has 5 heteroatoms. The van der Waals surface area contributed by atoms with E-state index < -0.39 is 10.9 Å². The number of nitro benzene ring substituents is 1. The molecule has 0 heterocycles. The Morgan fingerprint density at radius 3 is 2.52 bits per heavy atom. The maximum atomic E-state index is 12.0. The molecule has 0 fully saturated rings. The van der Waals surface area contributed by atoms with E-state index in [2.05, 4.69) is 0 Å². The first-order valence-corrected chi connectivity index (χ1v) is 7.03. The maximum absolute atomic E-state index is 12.0. The van der Waals surface area contributed by atoms with Crippen molar-refractivity contribution in [1.29, 1.82) is 0 Å². The van der Waals surface area contributed by atoms with Gasteiger partial charge in [-0.15, -0.1) is 0 Å². The number of rotatable bonds is 4. The normalized spacial score (nSPS) is 10.4. The first-order chi connectivity index (χ1) is 11.1. The number of carbonyl (C=O) groups is 1. The van der Waals surface area contributed by atoms with Crippen molar-refractivity contribution in [3.05, 3.63) is 88.0 Å². The number of hydrogen-bond donors (Lipinski definition) is 0. The highest BCUT2D eigenvalue weighted by Gasteiger charge is 2.12. The molecule has 0 aromatic heterocycles. The Balaban J connectivity index is 1.72. The number of nitro groups is 1. The van der Waals surface area contributed by atoms with Gasteiger partial charge in [-0.25, -0.2) is 4.79 Å². The van der Waals surface area contributed by atoms with E-state index in [0.717, 1.165) is 16.3 Å². The molecule has 0 saturated heterocycles. The summed E-state index contributed by atoms with van der Waals surface area (Å²) in [5.74, 6) is -0.582. The first-order valence-electron chi connectivity index (χ1n) is 7.03. The number of carbonyl (C=O) groups excluding carboxylic acids is 1. The Bertz CT molecular complexity index is 889. The van der Waals surface area contributed by atoms with Gasteiger partial charge in [0.1, 0.15) is 6.61 Å². The summed E-state index contributed by atoms with van der Waals surface area (Å²) in [6.45, 7) is 0.117. The van der Waals surface area contributed by atoms with Crippen LogP contribution in [0.15, 0.2) is 66.7 Å². The highest BCUT2D eigenvalue weighted by molar-refractivity contribution is 5.90. The van der Waals surface area contributed by atoms with Gasteiger partial charge in [0, 0.05) is 12.1 Å². The van der Waals surface area contributed by atoms with Crippen molar-refractivity contribution in [2.75, 3.05) is 0 Å². The third-order valence-electron chi connectivity index (χ3n) is 3.48. The van der Waals surface area contributed by atoms with Crippen molar-refractivity contribution >= 4 is 22.4 Å². The summed E-state index contributed by atoms with van der Waals surface area (Å²) in [4.78, 5) is 22.2. The minimum atomic E-state index is -0.582. The maximum Gasteiger partial charge on any atom is 0.338 e. The van der Waals surface area contributed by atoms with Gasteiger partial charge in [0.25, 0.3) is 5.69 Å². The number of hydrogen-bond acceptors (Lipinski definition) is 4. The van der Waals surface area contributed by atoms with E-state index in [9.17, 15) is 14.9 Å². The lowest BCUT2D eigenvalue weighted by Gasteiger charge is -2.06. The number of esters is 1. The SMILES string of the molecule is O=C(OCc1ccc2ccccc2c1)c1cccc([N+](=O)[O-])c1. The summed E-state index contributed by atoms with van der Waals surface area (Å²) >= 11 is 0. The van der Waals surface area contributed by atoms with Crippen molar-refractivity contribution in [3.63, 3.8) is 0 Å². The molecule has 0 aliphatic carbocycles. The number of ether oxygens (including phenoxy) is 1. The van der Waals surface area contributed by atoms with Gasteiger partial charge in [0.2, 0.25) is 0 Å². The number of benzene rings is 3. The molecular formula is C18H13NO4. The van der Waals surface area contributed by atoms with Crippen molar-refractivity contribution in [1.82, 2.24) is 0 Å². The van der Waals surface area contributed by atoms with Gasteiger partial charge in [-0.1, -0.05) is 42.5 Å². The highest BCUT2D eigenvalue weighted by atomic mass is 16.6. The second kappa shape index (κ2) is 6.27. The van der Waals surface area contributed by atoms with Crippen LogP contribution in [-0.4, -0.2) is 10.9 Å². The van der Waals surface area contributed by atoms with Gasteiger partial charge in [0.05, 0.1) is 10.5 Å². The van der Waals surface area contributed by atoms with Crippen LogP contribution in [0, 0.1) is 10.1 Å². The molecule has 0 unspecified atom stereocenters. The topological polar surface area (TPSA) is 69.4 Å². The summed E-state index contributed by atoms with van der Waals surface area (Å²) in [7, 11) is 0. The lowest BCUT2D eigenvalue weighted by atomic mass is 10.1. The van der Waals surface area contributed by atoms with Crippen molar-refractivity contribution in [3.8, 4) is 0 Å². The van der Waals surface area contributed by atoms with E-state index in [1.165, 1.54) is 24.3 Å². The van der Waals surface area contributed by atoms with Crippen LogP contribution in [0.5, 0.6) is 0 Å². The average molecular weight is 307 g/mol. The molecule has 0 N–H and O–H groups in total. The third kappa shape index (κ3) is 3.35. The Labute approximate surface area is 132 Å². The predicted octanol–water partition coefficient (Wildman–Crippen LogP) is 4.11. The molecule has 3 rings (SSSR count). The zero-order chi connectivity index (χ0) is 16.2. The first kappa shape index (κ1) is 14.7. The molecule has 23 heavy (non-hydrogen) atoms. The van der Waals surface area contributed by atoms with Gasteiger partial charge in [-0.3, -0.25) is 10.1 Å². The Morgan fingerprint density at radius 1 is 0.957 bits per heavy atom. The van der Waals surface area contributed by atoms with E-state index in [-0.39, 0.29) is 17.9 Å². The zero-order valence-corrected chi connectivity index (χ0v) is 12.1. The molecule has 5 nitrogen and oxygen atoms in total. The summed E-state index contributed by atoms with van der Waals surface area (Å²) < 4.78 is 5.24. The van der Waals surface area contributed by atoms with E-state index in [4.69, 9.17) is 4.74 Å². The van der Waals surface area contributed by atoms with Crippen LogP contribution in [0.1, 0.15) is 15.9 Å². The average Bonchev–Trinajstić information content (AvgIpc) is 2.59. The van der Waals surface area contributed by atoms with Crippen LogP contribution < -0.4 is 0 Å². The minimum absolute atomic E-state index is 0.117. The molecule has 114 valence electrons. The molecule has 0 aliphatic rings. The number of fused-ring (bicyclic) bond motifs is 1. The van der Waals surface area contributed by atoms with E-state index in [1.807, 2.05) is 42.5 Å². The Kier molecular flexibility index (Phi) is 4.01. The summed E-state index contributed by atoms with van der Waals surface area (Å²) in [6.07, 6.45) is 0. The van der Waals surface area contributed by atoms with Crippen molar-refractivity contribution < 1.29 is 14.5 Å². The second-order valence-corrected chi connectivity index (χ2v) is 5.07.